The first-order chi connectivity index (χ1) is 9.40. The number of nitrogens with one attached hydrogen (secondary N) is 1. The third kappa shape index (κ3) is 3.69. The molecule has 0 radical (unpaired) electrons. The molecule has 1 N–H and O–H groups in total. The summed E-state index contributed by atoms with van der Waals surface area (Å²) in [7, 11) is -3.88. The van der Waals surface area contributed by atoms with Crippen LogP contribution in [0.2, 0.25) is 5.02 Å². The third-order valence-electron chi connectivity index (χ3n) is 3.36. The van der Waals surface area contributed by atoms with E-state index < -0.39 is 20.7 Å². The quantitative estimate of drug-likeness (QED) is 0.927. The van der Waals surface area contributed by atoms with E-state index in [-0.39, 0.29) is 23.6 Å². The molecular formula is C13H17ClFNO3S. The summed E-state index contributed by atoms with van der Waals surface area (Å²) in [6, 6.07) is 3.93. The number of benzene rings is 1. The molecule has 0 saturated carbocycles. The summed E-state index contributed by atoms with van der Waals surface area (Å²) in [6.07, 6.45) is 1.71. The Morgan fingerprint density at radius 3 is 2.95 bits per heavy atom. The summed E-state index contributed by atoms with van der Waals surface area (Å²) >= 11 is 5.60. The fourth-order valence-corrected chi connectivity index (χ4v) is 3.72. The summed E-state index contributed by atoms with van der Waals surface area (Å²) in [5, 5.41) is -0.201. The minimum Gasteiger partial charge on any atom is -0.378 e. The number of ether oxygens (including phenoxy) is 1. The summed E-state index contributed by atoms with van der Waals surface area (Å²) in [6.45, 7) is 2.86. The summed E-state index contributed by atoms with van der Waals surface area (Å²) in [5.41, 5.74) is 0. The lowest BCUT2D eigenvalue weighted by Crippen LogP contribution is -2.34. The molecule has 0 unspecified atom stereocenters. The molecule has 1 saturated heterocycles. The third-order valence-corrected chi connectivity index (χ3v) is 5.09. The number of halogens is 2. The molecule has 1 heterocycles. The molecule has 1 aliphatic heterocycles. The standard InChI is InChI=1S/C13H17ClFNO3S/c1-9-7-10(5-6-19-9)8-16-20(17,18)12-4-2-3-11(14)13(12)15/h2-4,9-10,16H,5-8H2,1H3/t9-,10+/m1/s1. The normalized spacial score (nSPS) is 23.8. The number of rotatable bonds is 4. The molecule has 0 aliphatic carbocycles. The van der Waals surface area contributed by atoms with Crippen molar-refractivity contribution in [3.63, 3.8) is 0 Å². The van der Waals surface area contributed by atoms with Gasteiger partial charge in [0.25, 0.3) is 0 Å². The zero-order valence-corrected chi connectivity index (χ0v) is 12.7. The van der Waals surface area contributed by atoms with Crippen molar-refractivity contribution in [2.24, 2.45) is 5.92 Å². The topological polar surface area (TPSA) is 55.4 Å². The van der Waals surface area contributed by atoms with Crippen LogP contribution in [0.4, 0.5) is 4.39 Å². The molecule has 112 valence electrons. The maximum Gasteiger partial charge on any atom is 0.243 e. The second-order valence-corrected chi connectivity index (χ2v) is 7.12. The summed E-state index contributed by atoms with van der Waals surface area (Å²) in [4.78, 5) is -0.412. The van der Waals surface area contributed by atoms with Crippen LogP contribution in [-0.2, 0) is 14.8 Å². The van der Waals surface area contributed by atoms with Crippen LogP contribution in [0.15, 0.2) is 23.1 Å². The maximum absolute atomic E-state index is 13.8. The second-order valence-electron chi connectivity index (χ2n) is 4.98. The second kappa shape index (κ2) is 6.39. The highest BCUT2D eigenvalue weighted by Crippen LogP contribution is 2.23. The maximum atomic E-state index is 13.8. The van der Waals surface area contributed by atoms with Gasteiger partial charge in [-0.2, -0.15) is 0 Å². The van der Waals surface area contributed by atoms with Crippen LogP contribution in [0.5, 0.6) is 0 Å². The molecule has 2 atom stereocenters. The molecule has 0 spiro atoms. The van der Waals surface area contributed by atoms with E-state index in [4.69, 9.17) is 16.3 Å². The Morgan fingerprint density at radius 2 is 2.25 bits per heavy atom. The van der Waals surface area contributed by atoms with Crippen molar-refractivity contribution in [1.82, 2.24) is 4.72 Å². The van der Waals surface area contributed by atoms with E-state index in [0.717, 1.165) is 12.8 Å². The molecule has 2 rings (SSSR count). The van der Waals surface area contributed by atoms with Crippen LogP contribution >= 0.6 is 11.6 Å². The van der Waals surface area contributed by atoms with Crippen LogP contribution in [0.3, 0.4) is 0 Å². The van der Waals surface area contributed by atoms with Gasteiger partial charge in [-0.3, -0.25) is 0 Å². The average molecular weight is 322 g/mol. The predicted molar refractivity (Wildman–Crippen MR) is 74.7 cm³/mol. The minimum absolute atomic E-state index is 0.126. The molecule has 0 aromatic heterocycles. The van der Waals surface area contributed by atoms with Crippen LogP contribution in [-0.4, -0.2) is 27.7 Å². The zero-order chi connectivity index (χ0) is 14.8. The van der Waals surface area contributed by atoms with E-state index in [1.54, 1.807) is 0 Å². The highest BCUT2D eigenvalue weighted by molar-refractivity contribution is 7.89. The molecule has 4 nitrogen and oxygen atoms in total. The van der Waals surface area contributed by atoms with Crippen molar-refractivity contribution >= 4 is 21.6 Å². The molecule has 1 aromatic carbocycles. The Hall–Kier alpha value is -0.690. The van der Waals surface area contributed by atoms with Gasteiger partial charge >= 0.3 is 0 Å². The molecule has 1 aromatic rings. The molecule has 7 heteroatoms. The van der Waals surface area contributed by atoms with Crippen molar-refractivity contribution in [1.29, 1.82) is 0 Å². The van der Waals surface area contributed by atoms with E-state index in [2.05, 4.69) is 4.72 Å². The van der Waals surface area contributed by atoms with E-state index in [1.165, 1.54) is 18.2 Å². The van der Waals surface area contributed by atoms with Gasteiger partial charge in [0.05, 0.1) is 11.1 Å². The van der Waals surface area contributed by atoms with Crippen LogP contribution in [0.1, 0.15) is 19.8 Å². The van der Waals surface area contributed by atoms with Gasteiger partial charge in [0.15, 0.2) is 5.82 Å². The van der Waals surface area contributed by atoms with Gasteiger partial charge in [-0.05, 0) is 37.8 Å². The SMILES string of the molecule is C[C@@H]1C[C@@H](CNS(=O)(=O)c2cccc(Cl)c2F)CCO1. The first-order valence-corrected chi connectivity index (χ1v) is 8.31. The lowest BCUT2D eigenvalue weighted by molar-refractivity contribution is 0.00397. The van der Waals surface area contributed by atoms with Gasteiger partial charge in [-0.15, -0.1) is 0 Å². The molecule has 0 amide bonds. The molecule has 1 fully saturated rings. The minimum atomic E-state index is -3.88. The fourth-order valence-electron chi connectivity index (χ4n) is 2.27. The molecular weight excluding hydrogens is 305 g/mol. The van der Waals surface area contributed by atoms with Crippen molar-refractivity contribution in [2.75, 3.05) is 13.2 Å². The van der Waals surface area contributed by atoms with Crippen molar-refractivity contribution in [3.8, 4) is 0 Å². The van der Waals surface area contributed by atoms with Gasteiger partial charge in [0.1, 0.15) is 4.90 Å². The van der Waals surface area contributed by atoms with Crippen LogP contribution in [0.25, 0.3) is 0 Å². The lowest BCUT2D eigenvalue weighted by Gasteiger charge is -2.27. The van der Waals surface area contributed by atoms with Crippen molar-refractivity contribution < 1.29 is 17.5 Å². The van der Waals surface area contributed by atoms with E-state index in [1.807, 2.05) is 6.92 Å². The number of hydrogen-bond acceptors (Lipinski definition) is 3. The highest BCUT2D eigenvalue weighted by atomic mass is 35.5. The zero-order valence-electron chi connectivity index (χ0n) is 11.1. The van der Waals surface area contributed by atoms with Crippen molar-refractivity contribution in [3.05, 3.63) is 29.0 Å². The summed E-state index contributed by atoms with van der Waals surface area (Å²) in [5.74, 6) is -0.710. The molecule has 0 bridgehead atoms. The Kier molecular flexibility index (Phi) is 5.01. The van der Waals surface area contributed by atoms with Gasteiger partial charge in [0.2, 0.25) is 10.0 Å². The largest absolute Gasteiger partial charge is 0.378 e. The van der Waals surface area contributed by atoms with E-state index in [9.17, 15) is 12.8 Å². The Morgan fingerprint density at radius 1 is 1.50 bits per heavy atom. The van der Waals surface area contributed by atoms with Crippen LogP contribution < -0.4 is 4.72 Å². The molecule has 1 aliphatic rings. The summed E-state index contributed by atoms with van der Waals surface area (Å²) < 4.78 is 45.8. The van der Waals surface area contributed by atoms with Gasteiger partial charge < -0.3 is 4.74 Å². The van der Waals surface area contributed by atoms with E-state index in [0.29, 0.717) is 6.61 Å². The van der Waals surface area contributed by atoms with Crippen LogP contribution in [0, 0.1) is 11.7 Å². The first kappa shape index (κ1) is 15.7. The van der Waals surface area contributed by atoms with Crippen molar-refractivity contribution in [2.45, 2.75) is 30.8 Å². The first-order valence-electron chi connectivity index (χ1n) is 6.45. The number of hydrogen-bond donors (Lipinski definition) is 1. The average Bonchev–Trinajstić information content (AvgIpc) is 2.40. The van der Waals surface area contributed by atoms with Gasteiger partial charge in [-0.1, -0.05) is 17.7 Å². The fraction of sp³-hybridized carbons (Fsp3) is 0.538. The number of sulfonamides is 1. The van der Waals surface area contributed by atoms with Gasteiger partial charge in [0, 0.05) is 13.2 Å². The Labute approximate surface area is 123 Å². The Bertz CT molecular complexity index is 579. The molecule has 20 heavy (non-hydrogen) atoms. The highest BCUT2D eigenvalue weighted by Gasteiger charge is 2.24. The Balaban J connectivity index is 2.06. The smallest absolute Gasteiger partial charge is 0.243 e. The van der Waals surface area contributed by atoms with Gasteiger partial charge in [-0.25, -0.2) is 17.5 Å². The lowest BCUT2D eigenvalue weighted by atomic mass is 9.97. The predicted octanol–water partition coefficient (Wildman–Crippen LogP) is 2.57. The monoisotopic (exact) mass is 321 g/mol. The van der Waals surface area contributed by atoms with E-state index >= 15 is 0 Å².